The molecule has 1 N–H and O–H groups in total. The molecule has 0 bridgehead atoms. The molecule has 34 heavy (non-hydrogen) atoms. The summed E-state index contributed by atoms with van der Waals surface area (Å²) < 4.78 is 41.8. The van der Waals surface area contributed by atoms with Gasteiger partial charge in [-0.1, -0.05) is 30.3 Å². The summed E-state index contributed by atoms with van der Waals surface area (Å²) in [5.74, 6) is -3.81. The Bertz CT molecular complexity index is 1360. The van der Waals surface area contributed by atoms with E-state index in [0.29, 0.717) is 12.1 Å². The first-order chi connectivity index (χ1) is 16.5. The number of fused-ring (bicyclic) bond motifs is 3. The number of hydrogen-bond donors (Lipinski definition) is 1. The summed E-state index contributed by atoms with van der Waals surface area (Å²) in [5, 5.41) is 4.04. The topological polar surface area (TPSA) is 46.9 Å². The molecule has 0 fully saturated rings. The lowest BCUT2D eigenvalue weighted by Gasteiger charge is -2.23. The molecular formula is C26H24F3N3OS. The number of rotatable bonds is 7. The van der Waals surface area contributed by atoms with Gasteiger partial charge in [0.05, 0.1) is 11.7 Å². The van der Waals surface area contributed by atoms with E-state index in [1.807, 2.05) is 18.2 Å². The molecule has 0 aliphatic heterocycles. The third kappa shape index (κ3) is 4.65. The van der Waals surface area contributed by atoms with Gasteiger partial charge >= 0.3 is 0 Å². The van der Waals surface area contributed by atoms with Crippen molar-refractivity contribution in [3.05, 3.63) is 98.2 Å². The molecule has 4 nitrogen and oxygen atoms in total. The Hall–Kier alpha value is -2.97. The van der Waals surface area contributed by atoms with Crippen molar-refractivity contribution in [1.29, 1.82) is 0 Å². The molecule has 0 spiro atoms. The van der Waals surface area contributed by atoms with Gasteiger partial charge < -0.3 is 5.32 Å². The van der Waals surface area contributed by atoms with Gasteiger partial charge in [0.25, 0.3) is 5.56 Å². The summed E-state index contributed by atoms with van der Waals surface area (Å²) in [6, 6.07) is 12.3. The van der Waals surface area contributed by atoms with Crippen molar-refractivity contribution in [2.24, 2.45) is 0 Å². The average molecular weight is 484 g/mol. The van der Waals surface area contributed by atoms with Crippen LogP contribution in [0.2, 0.25) is 0 Å². The molecular weight excluding hydrogens is 459 g/mol. The van der Waals surface area contributed by atoms with Crippen molar-refractivity contribution < 1.29 is 13.2 Å². The predicted molar refractivity (Wildman–Crippen MR) is 128 cm³/mol. The highest BCUT2D eigenvalue weighted by Crippen LogP contribution is 2.33. The van der Waals surface area contributed by atoms with Crippen LogP contribution < -0.4 is 10.9 Å². The third-order valence-corrected chi connectivity index (χ3v) is 7.54. The lowest BCUT2D eigenvalue weighted by atomic mass is 9.93. The quantitative estimate of drug-likeness (QED) is 0.370. The van der Waals surface area contributed by atoms with E-state index < -0.39 is 17.5 Å². The van der Waals surface area contributed by atoms with Crippen LogP contribution in [0.3, 0.4) is 0 Å². The van der Waals surface area contributed by atoms with Crippen LogP contribution >= 0.6 is 11.3 Å². The zero-order chi connectivity index (χ0) is 23.7. The Kier molecular flexibility index (Phi) is 6.52. The van der Waals surface area contributed by atoms with E-state index in [2.05, 4.69) is 22.4 Å². The zero-order valence-electron chi connectivity index (χ0n) is 18.5. The summed E-state index contributed by atoms with van der Waals surface area (Å²) in [5.41, 5.74) is 2.70. The average Bonchev–Trinajstić information content (AvgIpc) is 3.21. The van der Waals surface area contributed by atoms with Crippen LogP contribution in [0.5, 0.6) is 0 Å². The van der Waals surface area contributed by atoms with Crippen molar-refractivity contribution in [3.8, 4) is 0 Å². The van der Waals surface area contributed by atoms with Gasteiger partial charge in [-0.3, -0.25) is 9.36 Å². The van der Waals surface area contributed by atoms with E-state index in [9.17, 15) is 18.0 Å². The first kappa shape index (κ1) is 22.8. The van der Waals surface area contributed by atoms with Crippen molar-refractivity contribution in [1.82, 2.24) is 14.9 Å². The van der Waals surface area contributed by atoms with Crippen LogP contribution in [0, 0.1) is 17.5 Å². The van der Waals surface area contributed by atoms with E-state index in [-0.39, 0.29) is 18.1 Å². The maximum Gasteiger partial charge on any atom is 0.262 e. The Morgan fingerprint density at radius 1 is 1.09 bits per heavy atom. The van der Waals surface area contributed by atoms with Gasteiger partial charge in [-0.05, 0) is 60.9 Å². The first-order valence-corrected chi connectivity index (χ1v) is 12.2. The highest BCUT2D eigenvalue weighted by molar-refractivity contribution is 7.18. The predicted octanol–water partition coefficient (Wildman–Crippen LogP) is 5.16. The van der Waals surface area contributed by atoms with E-state index in [4.69, 9.17) is 0 Å². The van der Waals surface area contributed by atoms with Crippen LogP contribution in [0.15, 0.2) is 53.6 Å². The lowest BCUT2D eigenvalue weighted by molar-refractivity contribution is 0.437. The van der Waals surface area contributed by atoms with Crippen LogP contribution in [-0.4, -0.2) is 15.6 Å². The first-order valence-electron chi connectivity index (χ1n) is 11.4. The Morgan fingerprint density at radius 2 is 1.85 bits per heavy atom. The lowest BCUT2D eigenvalue weighted by Crippen LogP contribution is -2.34. The molecule has 176 valence electrons. The number of aromatic nitrogens is 2. The fourth-order valence-corrected chi connectivity index (χ4v) is 5.86. The molecule has 2 heterocycles. The Balaban J connectivity index is 1.27. The zero-order valence-corrected chi connectivity index (χ0v) is 19.3. The van der Waals surface area contributed by atoms with E-state index >= 15 is 0 Å². The van der Waals surface area contributed by atoms with Gasteiger partial charge in [-0.15, -0.1) is 11.3 Å². The second-order valence-corrected chi connectivity index (χ2v) is 9.79. The van der Waals surface area contributed by atoms with Crippen molar-refractivity contribution in [3.63, 3.8) is 0 Å². The smallest absolute Gasteiger partial charge is 0.262 e. The van der Waals surface area contributed by atoms with E-state index in [1.54, 1.807) is 22.2 Å². The van der Waals surface area contributed by atoms with Gasteiger partial charge in [0.1, 0.15) is 4.83 Å². The Labute approximate surface area is 199 Å². The van der Waals surface area contributed by atoms with Crippen molar-refractivity contribution in [2.75, 3.05) is 0 Å². The summed E-state index contributed by atoms with van der Waals surface area (Å²) in [4.78, 5) is 19.6. The molecule has 0 radical (unpaired) electrons. The number of nitrogens with zero attached hydrogens (tertiary/aromatic N) is 2. The van der Waals surface area contributed by atoms with E-state index in [1.165, 1.54) is 5.56 Å². The van der Waals surface area contributed by atoms with Gasteiger partial charge in [0, 0.05) is 24.0 Å². The van der Waals surface area contributed by atoms with Crippen molar-refractivity contribution in [2.45, 2.75) is 51.2 Å². The second-order valence-electron chi connectivity index (χ2n) is 8.71. The SMILES string of the molecule is O=c1c2c3c(sc2ncn1CCCc1ccccc1)CC(NCc1cc(F)c(F)c(F)c1)CC3. The van der Waals surface area contributed by atoms with Gasteiger partial charge in [0.15, 0.2) is 17.5 Å². The Morgan fingerprint density at radius 3 is 2.62 bits per heavy atom. The molecule has 1 aliphatic carbocycles. The highest BCUT2D eigenvalue weighted by Gasteiger charge is 2.25. The minimum absolute atomic E-state index is 0.0132. The molecule has 1 unspecified atom stereocenters. The van der Waals surface area contributed by atoms with Gasteiger partial charge in [-0.2, -0.15) is 0 Å². The maximum absolute atomic E-state index is 13.5. The fourth-order valence-electron chi connectivity index (χ4n) is 4.61. The third-order valence-electron chi connectivity index (χ3n) is 6.38. The van der Waals surface area contributed by atoms with Crippen molar-refractivity contribution >= 4 is 21.6 Å². The number of hydrogen-bond acceptors (Lipinski definition) is 4. The fraction of sp³-hybridized carbons (Fsp3) is 0.308. The molecule has 2 aromatic heterocycles. The van der Waals surface area contributed by atoms with Crippen LogP contribution in [0.1, 0.15) is 34.4 Å². The minimum atomic E-state index is -1.45. The van der Waals surface area contributed by atoms with Crippen LogP contribution in [0.4, 0.5) is 13.2 Å². The summed E-state index contributed by atoms with van der Waals surface area (Å²) in [6.45, 7) is 0.863. The highest BCUT2D eigenvalue weighted by atomic mass is 32.1. The molecule has 0 saturated carbocycles. The summed E-state index contributed by atoms with van der Waals surface area (Å²) >= 11 is 1.54. The molecule has 2 aromatic carbocycles. The number of benzene rings is 2. The number of thiophene rings is 1. The van der Waals surface area contributed by atoms with Gasteiger partial charge in [-0.25, -0.2) is 18.2 Å². The number of nitrogens with one attached hydrogen (secondary N) is 1. The van der Waals surface area contributed by atoms with Crippen LogP contribution in [0.25, 0.3) is 10.2 Å². The molecule has 4 aromatic rings. The summed E-state index contributed by atoms with van der Waals surface area (Å²) in [6.07, 6.45) is 5.67. The number of aryl methyl sites for hydroxylation is 3. The molecule has 1 aliphatic rings. The van der Waals surface area contributed by atoms with Gasteiger partial charge in [0.2, 0.25) is 0 Å². The molecule has 0 saturated heterocycles. The largest absolute Gasteiger partial charge is 0.310 e. The molecule has 5 rings (SSSR count). The monoisotopic (exact) mass is 483 g/mol. The van der Waals surface area contributed by atoms with Crippen LogP contribution in [-0.2, 0) is 32.4 Å². The molecule has 1 atom stereocenters. The molecule has 8 heteroatoms. The standard InChI is InChI=1S/C26H24F3N3OS/c27-20-11-17(12-21(28)24(20)29)14-30-18-8-9-19-22(13-18)34-25-23(19)26(33)32(15-31-25)10-4-7-16-5-2-1-3-6-16/h1-3,5-6,11-12,15,18,30H,4,7-10,13-14H2. The number of halogens is 3. The van der Waals surface area contributed by atoms with E-state index in [0.717, 1.165) is 64.9 Å². The molecule has 0 amide bonds. The normalized spacial score (nSPS) is 15.6. The summed E-state index contributed by atoms with van der Waals surface area (Å²) in [7, 11) is 0. The maximum atomic E-state index is 13.5. The second kappa shape index (κ2) is 9.72. The minimum Gasteiger partial charge on any atom is -0.310 e.